The van der Waals surface area contributed by atoms with E-state index in [1.807, 2.05) is 18.2 Å². The van der Waals surface area contributed by atoms with E-state index in [1.165, 1.54) is 27.8 Å². The first-order valence-corrected chi connectivity index (χ1v) is 14.5. The van der Waals surface area contributed by atoms with Gasteiger partial charge in [0.25, 0.3) is 0 Å². The second kappa shape index (κ2) is 12.4. The summed E-state index contributed by atoms with van der Waals surface area (Å²) in [7, 11) is 0. The summed E-state index contributed by atoms with van der Waals surface area (Å²) in [6.07, 6.45) is 2.85. The Labute approximate surface area is 238 Å². The van der Waals surface area contributed by atoms with E-state index >= 15 is 0 Å². The monoisotopic (exact) mass is 542 g/mol. The van der Waals surface area contributed by atoms with Crippen molar-refractivity contribution in [2.45, 2.75) is 52.7 Å². The quantitative estimate of drug-likeness (QED) is 0.303. The molecular weight excluding hydrogens is 500 g/mol. The van der Waals surface area contributed by atoms with Crippen molar-refractivity contribution in [2.24, 2.45) is 0 Å². The molecule has 1 atom stereocenters. The molecule has 40 heavy (non-hydrogen) atoms. The lowest BCUT2D eigenvalue weighted by Crippen LogP contribution is -2.54. The van der Waals surface area contributed by atoms with E-state index in [-0.39, 0.29) is 5.60 Å². The van der Waals surface area contributed by atoms with Gasteiger partial charge in [0, 0.05) is 50.4 Å². The molecular formula is C34H42N2O4. The van der Waals surface area contributed by atoms with Gasteiger partial charge in [-0.15, -0.1) is 0 Å². The van der Waals surface area contributed by atoms with Crippen LogP contribution in [-0.4, -0.2) is 67.6 Å². The molecule has 0 N–H and O–H groups in total. The van der Waals surface area contributed by atoms with Crippen LogP contribution in [0.5, 0.6) is 17.2 Å². The maximum Gasteiger partial charge on any atom is 0.150 e. The van der Waals surface area contributed by atoms with Crippen molar-refractivity contribution in [3.05, 3.63) is 88.0 Å². The Morgan fingerprint density at radius 3 is 2.27 bits per heavy atom. The standard InChI is InChI=1S/C34H42N2O4/c1-25-26(2)33-31(27(3)32(25)39-23-29-8-6-5-7-9-29)14-15-34(4,40-33)24-36-18-16-35(17-19-36)20-21-38-30-12-10-28(22-37)11-13-30/h5-13,22H,14-21,23-24H2,1-4H3. The highest BCUT2D eigenvalue weighted by Gasteiger charge is 2.37. The molecule has 6 nitrogen and oxygen atoms in total. The largest absolute Gasteiger partial charge is 0.492 e. The van der Waals surface area contributed by atoms with Gasteiger partial charge in [-0.2, -0.15) is 0 Å². The number of carbonyl (C=O) groups excluding carboxylic acids is 1. The van der Waals surface area contributed by atoms with Gasteiger partial charge in [-0.25, -0.2) is 0 Å². The Morgan fingerprint density at radius 2 is 1.57 bits per heavy atom. The lowest BCUT2D eigenvalue weighted by Gasteiger charge is -2.43. The van der Waals surface area contributed by atoms with Gasteiger partial charge in [0.15, 0.2) is 0 Å². The smallest absolute Gasteiger partial charge is 0.150 e. The van der Waals surface area contributed by atoms with Crippen LogP contribution in [0, 0.1) is 20.8 Å². The van der Waals surface area contributed by atoms with E-state index in [1.54, 1.807) is 12.1 Å². The first-order valence-electron chi connectivity index (χ1n) is 14.5. The maximum absolute atomic E-state index is 10.8. The van der Waals surface area contributed by atoms with Gasteiger partial charge in [-0.3, -0.25) is 14.6 Å². The lowest BCUT2D eigenvalue weighted by atomic mass is 9.86. The average Bonchev–Trinajstić information content (AvgIpc) is 2.97. The second-order valence-electron chi connectivity index (χ2n) is 11.5. The number of piperazine rings is 1. The van der Waals surface area contributed by atoms with Crippen molar-refractivity contribution in [3.8, 4) is 17.2 Å². The Kier molecular flexibility index (Phi) is 8.77. The van der Waals surface area contributed by atoms with E-state index in [0.29, 0.717) is 18.8 Å². The molecule has 0 bridgehead atoms. The van der Waals surface area contributed by atoms with Crippen molar-refractivity contribution >= 4 is 6.29 Å². The molecule has 2 aliphatic heterocycles. The number of fused-ring (bicyclic) bond motifs is 1. The summed E-state index contributed by atoms with van der Waals surface area (Å²) in [6, 6.07) is 17.6. The maximum atomic E-state index is 10.8. The third-order valence-electron chi connectivity index (χ3n) is 8.50. The zero-order valence-electron chi connectivity index (χ0n) is 24.4. The molecule has 2 heterocycles. The fourth-order valence-electron chi connectivity index (χ4n) is 5.92. The van der Waals surface area contributed by atoms with Gasteiger partial charge in [-0.1, -0.05) is 30.3 Å². The van der Waals surface area contributed by atoms with E-state index in [0.717, 1.165) is 75.6 Å². The van der Waals surface area contributed by atoms with Crippen LogP contribution in [0.4, 0.5) is 0 Å². The van der Waals surface area contributed by atoms with Crippen LogP contribution < -0.4 is 14.2 Å². The number of nitrogens with zero attached hydrogens (tertiary/aromatic N) is 2. The van der Waals surface area contributed by atoms with Crippen LogP contribution >= 0.6 is 0 Å². The van der Waals surface area contributed by atoms with Crippen LogP contribution in [-0.2, 0) is 13.0 Å². The number of aldehydes is 1. The predicted molar refractivity (Wildman–Crippen MR) is 159 cm³/mol. The molecule has 0 spiro atoms. The van der Waals surface area contributed by atoms with Crippen LogP contribution in [0.1, 0.15) is 51.5 Å². The summed E-state index contributed by atoms with van der Waals surface area (Å²) >= 11 is 0. The average molecular weight is 543 g/mol. The summed E-state index contributed by atoms with van der Waals surface area (Å²) in [5.74, 6) is 2.88. The van der Waals surface area contributed by atoms with Gasteiger partial charge < -0.3 is 14.2 Å². The van der Waals surface area contributed by atoms with Gasteiger partial charge in [0.05, 0.1) is 0 Å². The summed E-state index contributed by atoms with van der Waals surface area (Å²) in [6.45, 7) is 16.0. The van der Waals surface area contributed by atoms with E-state index in [2.05, 4.69) is 61.8 Å². The Morgan fingerprint density at radius 1 is 0.875 bits per heavy atom. The molecule has 0 aliphatic carbocycles. The highest BCUT2D eigenvalue weighted by atomic mass is 16.5. The lowest BCUT2D eigenvalue weighted by molar-refractivity contribution is 0.00717. The van der Waals surface area contributed by atoms with E-state index in [9.17, 15) is 4.79 Å². The van der Waals surface area contributed by atoms with Crippen molar-refractivity contribution < 1.29 is 19.0 Å². The predicted octanol–water partition coefficient (Wildman–Crippen LogP) is 5.78. The molecule has 0 aromatic heterocycles. The third-order valence-corrected chi connectivity index (χ3v) is 8.50. The van der Waals surface area contributed by atoms with Crippen LogP contribution in [0.25, 0.3) is 0 Å². The summed E-state index contributed by atoms with van der Waals surface area (Å²) in [4.78, 5) is 15.8. The molecule has 1 fully saturated rings. The van der Waals surface area contributed by atoms with Crippen molar-refractivity contribution in [3.63, 3.8) is 0 Å². The first kappa shape index (κ1) is 28.2. The van der Waals surface area contributed by atoms with Gasteiger partial charge in [-0.05, 0) is 87.1 Å². The number of ether oxygens (including phenoxy) is 3. The van der Waals surface area contributed by atoms with Crippen molar-refractivity contribution in [1.29, 1.82) is 0 Å². The van der Waals surface area contributed by atoms with Gasteiger partial charge in [0.2, 0.25) is 0 Å². The van der Waals surface area contributed by atoms with E-state index < -0.39 is 0 Å². The molecule has 3 aromatic rings. The number of rotatable bonds is 10. The highest BCUT2D eigenvalue weighted by molar-refractivity contribution is 5.74. The number of hydrogen-bond acceptors (Lipinski definition) is 6. The molecule has 6 heteroatoms. The van der Waals surface area contributed by atoms with Gasteiger partial charge in [0.1, 0.15) is 42.3 Å². The minimum absolute atomic E-state index is 0.206. The van der Waals surface area contributed by atoms with E-state index in [4.69, 9.17) is 14.2 Å². The fraction of sp³-hybridized carbons (Fsp3) is 0.441. The topological polar surface area (TPSA) is 51.2 Å². The Hall–Kier alpha value is -3.35. The zero-order valence-corrected chi connectivity index (χ0v) is 24.4. The molecule has 2 aliphatic rings. The van der Waals surface area contributed by atoms with Crippen molar-refractivity contribution in [1.82, 2.24) is 9.80 Å². The number of benzene rings is 3. The first-order chi connectivity index (χ1) is 19.3. The highest BCUT2D eigenvalue weighted by Crippen LogP contribution is 2.44. The molecule has 212 valence electrons. The minimum Gasteiger partial charge on any atom is -0.492 e. The minimum atomic E-state index is -0.206. The SMILES string of the molecule is Cc1c(C)c2c(c(C)c1OCc1ccccc1)CCC(C)(CN1CCN(CCOc3ccc(C=O)cc3)CC1)O2. The van der Waals surface area contributed by atoms with Crippen LogP contribution in [0.3, 0.4) is 0 Å². The molecule has 0 saturated carbocycles. The zero-order chi connectivity index (χ0) is 28.1. The molecule has 0 radical (unpaired) electrons. The molecule has 1 unspecified atom stereocenters. The van der Waals surface area contributed by atoms with Crippen LogP contribution in [0.2, 0.25) is 0 Å². The summed E-state index contributed by atoms with van der Waals surface area (Å²) in [5, 5.41) is 0. The molecule has 1 saturated heterocycles. The Bertz CT molecular complexity index is 1300. The molecule has 5 rings (SSSR count). The second-order valence-corrected chi connectivity index (χ2v) is 11.5. The molecule has 0 amide bonds. The molecule has 3 aromatic carbocycles. The fourth-order valence-corrected chi connectivity index (χ4v) is 5.92. The third kappa shape index (κ3) is 6.51. The van der Waals surface area contributed by atoms with Gasteiger partial charge >= 0.3 is 0 Å². The number of carbonyl (C=O) groups is 1. The normalized spacial score (nSPS) is 19.5. The summed E-state index contributed by atoms with van der Waals surface area (Å²) in [5.41, 5.74) is 6.52. The number of hydrogen-bond donors (Lipinski definition) is 0. The summed E-state index contributed by atoms with van der Waals surface area (Å²) < 4.78 is 19.1. The Balaban J connectivity index is 1.14. The van der Waals surface area contributed by atoms with Crippen LogP contribution in [0.15, 0.2) is 54.6 Å². The van der Waals surface area contributed by atoms with Crippen molar-refractivity contribution in [2.75, 3.05) is 45.9 Å².